The van der Waals surface area contributed by atoms with Crippen molar-refractivity contribution in [2.75, 3.05) is 0 Å². The summed E-state index contributed by atoms with van der Waals surface area (Å²) in [6.45, 7) is 1.99. The van der Waals surface area contributed by atoms with Crippen LogP contribution >= 0.6 is 0 Å². The lowest BCUT2D eigenvalue weighted by Gasteiger charge is -2.05. The van der Waals surface area contributed by atoms with Gasteiger partial charge in [0.15, 0.2) is 0 Å². The van der Waals surface area contributed by atoms with Gasteiger partial charge in [-0.05, 0) is 25.0 Å². The molecule has 1 aromatic rings. The molecule has 0 spiro atoms. The lowest BCUT2D eigenvalue weighted by molar-refractivity contribution is 0.0695. The van der Waals surface area contributed by atoms with Gasteiger partial charge in [-0.3, -0.25) is 0 Å². The predicted octanol–water partition coefficient (Wildman–Crippen LogP) is 2.87. The molecule has 0 aromatic heterocycles. The molecule has 2 nitrogen and oxygen atoms in total. The Labute approximate surface area is 82.4 Å². The summed E-state index contributed by atoms with van der Waals surface area (Å²) in [5.41, 5.74) is 0.403. The lowest BCUT2D eigenvalue weighted by atomic mass is 10.0. The molecule has 0 unspecified atom stereocenters. The third kappa shape index (κ3) is 2.31. The second kappa shape index (κ2) is 4.74. The number of benzene rings is 1. The van der Waals surface area contributed by atoms with Crippen LogP contribution in [-0.4, -0.2) is 11.1 Å². The van der Waals surface area contributed by atoms with E-state index in [0.29, 0.717) is 12.0 Å². The van der Waals surface area contributed by atoms with Crippen LogP contribution in [0.25, 0.3) is 0 Å². The van der Waals surface area contributed by atoms with Gasteiger partial charge in [-0.2, -0.15) is 0 Å². The first-order chi connectivity index (χ1) is 6.66. The lowest BCUT2D eigenvalue weighted by Crippen LogP contribution is -2.04. The number of rotatable bonds is 4. The molecule has 0 radical (unpaired) electrons. The summed E-state index contributed by atoms with van der Waals surface area (Å²) in [5.74, 6) is -1.48. The zero-order valence-electron chi connectivity index (χ0n) is 8.09. The van der Waals surface area contributed by atoms with E-state index in [9.17, 15) is 9.18 Å². The van der Waals surface area contributed by atoms with Crippen LogP contribution in [0.1, 0.15) is 35.7 Å². The van der Waals surface area contributed by atoms with Crippen molar-refractivity contribution in [3.8, 4) is 0 Å². The van der Waals surface area contributed by atoms with Crippen LogP contribution in [0.2, 0.25) is 0 Å². The minimum absolute atomic E-state index is 0.0819. The Kier molecular flexibility index (Phi) is 3.63. The second-order valence-corrected chi connectivity index (χ2v) is 3.17. The van der Waals surface area contributed by atoms with Crippen molar-refractivity contribution in [1.82, 2.24) is 0 Å². The molecule has 0 bridgehead atoms. The van der Waals surface area contributed by atoms with E-state index < -0.39 is 11.8 Å². The van der Waals surface area contributed by atoms with Crippen LogP contribution in [0.3, 0.4) is 0 Å². The molecule has 14 heavy (non-hydrogen) atoms. The number of aromatic carboxylic acids is 1. The molecule has 0 atom stereocenters. The molecule has 0 saturated carbocycles. The molecule has 0 aliphatic heterocycles. The predicted molar refractivity (Wildman–Crippen MR) is 52.0 cm³/mol. The Bertz CT molecular complexity index is 334. The first kappa shape index (κ1) is 10.7. The standard InChI is InChI=1S/C11H13FO2/c1-2-3-5-8-9(11(13)14)6-4-7-10(8)12/h4,6-7H,2-3,5H2,1H3,(H,13,14). The number of carboxylic acids is 1. The van der Waals surface area contributed by atoms with Crippen LogP contribution < -0.4 is 0 Å². The molecule has 0 aliphatic carbocycles. The maximum absolute atomic E-state index is 13.3. The average Bonchev–Trinajstić information content (AvgIpc) is 2.15. The summed E-state index contributed by atoms with van der Waals surface area (Å²) in [6, 6.07) is 4.17. The Morgan fingerprint density at radius 3 is 2.79 bits per heavy atom. The smallest absolute Gasteiger partial charge is 0.336 e. The summed E-state index contributed by atoms with van der Waals surface area (Å²) >= 11 is 0. The van der Waals surface area contributed by atoms with Crippen LogP contribution in [0.5, 0.6) is 0 Å². The van der Waals surface area contributed by atoms with E-state index in [1.54, 1.807) is 0 Å². The highest BCUT2D eigenvalue weighted by atomic mass is 19.1. The van der Waals surface area contributed by atoms with E-state index >= 15 is 0 Å². The van der Waals surface area contributed by atoms with E-state index in [2.05, 4.69) is 0 Å². The van der Waals surface area contributed by atoms with Crippen molar-refractivity contribution in [2.45, 2.75) is 26.2 Å². The Hall–Kier alpha value is -1.38. The van der Waals surface area contributed by atoms with Crippen molar-refractivity contribution >= 4 is 5.97 Å². The normalized spacial score (nSPS) is 10.1. The van der Waals surface area contributed by atoms with Crippen molar-refractivity contribution in [3.63, 3.8) is 0 Å². The van der Waals surface area contributed by atoms with E-state index in [-0.39, 0.29) is 5.56 Å². The first-order valence-electron chi connectivity index (χ1n) is 4.67. The van der Waals surface area contributed by atoms with Gasteiger partial charge in [0.05, 0.1) is 5.56 Å². The fourth-order valence-electron chi connectivity index (χ4n) is 1.37. The zero-order valence-corrected chi connectivity index (χ0v) is 8.09. The highest BCUT2D eigenvalue weighted by molar-refractivity contribution is 5.89. The average molecular weight is 196 g/mol. The van der Waals surface area contributed by atoms with Crippen molar-refractivity contribution < 1.29 is 14.3 Å². The molecule has 1 N–H and O–H groups in total. The molecule has 0 amide bonds. The van der Waals surface area contributed by atoms with Crippen LogP contribution in [0.15, 0.2) is 18.2 Å². The highest BCUT2D eigenvalue weighted by Gasteiger charge is 2.12. The molecule has 3 heteroatoms. The number of hydrogen-bond acceptors (Lipinski definition) is 1. The minimum atomic E-state index is -1.06. The van der Waals surface area contributed by atoms with Gasteiger partial charge < -0.3 is 5.11 Å². The van der Waals surface area contributed by atoms with Crippen molar-refractivity contribution in [3.05, 3.63) is 35.1 Å². The fourth-order valence-corrected chi connectivity index (χ4v) is 1.37. The zero-order chi connectivity index (χ0) is 10.6. The van der Waals surface area contributed by atoms with Gasteiger partial charge in [-0.25, -0.2) is 9.18 Å². The fraction of sp³-hybridized carbons (Fsp3) is 0.364. The highest BCUT2D eigenvalue weighted by Crippen LogP contribution is 2.16. The number of hydrogen-bond donors (Lipinski definition) is 1. The third-order valence-electron chi connectivity index (χ3n) is 2.13. The van der Waals surface area contributed by atoms with Crippen molar-refractivity contribution in [1.29, 1.82) is 0 Å². The summed E-state index contributed by atoms with van der Waals surface area (Å²) in [6.07, 6.45) is 2.22. The molecular formula is C11H13FO2. The number of unbranched alkanes of at least 4 members (excludes halogenated alkanes) is 1. The van der Waals surface area contributed by atoms with Gasteiger partial charge in [0.25, 0.3) is 0 Å². The van der Waals surface area contributed by atoms with Crippen molar-refractivity contribution in [2.24, 2.45) is 0 Å². The quantitative estimate of drug-likeness (QED) is 0.803. The topological polar surface area (TPSA) is 37.3 Å². The summed E-state index contributed by atoms with van der Waals surface area (Å²) in [7, 11) is 0. The minimum Gasteiger partial charge on any atom is -0.478 e. The van der Waals surface area contributed by atoms with Crippen LogP contribution in [-0.2, 0) is 6.42 Å². The largest absolute Gasteiger partial charge is 0.478 e. The molecule has 0 saturated heterocycles. The molecule has 0 aliphatic rings. The van der Waals surface area contributed by atoms with Crippen LogP contribution in [0, 0.1) is 5.82 Å². The maximum Gasteiger partial charge on any atom is 0.336 e. The Balaban J connectivity index is 3.02. The van der Waals surface area contributed by atoms with E-state index in [0.717, 1.165) is 12.8 Å². The maximum atomic E-state index is 13.3. The van der Waals surface area contributed by atoms with Gasteiger partial charge in [-0.15, -0.1) is 0 Å². The monoisotopic (exact) mass is 196 g/mol. The van der Waals surface area contributed by atoms with E-state index in [1.807, 2.05) is 6.92 Å². The molecule has 0 heterocycles. The number of carboxylic acid groups (broad SMARTS) is 1. The third-order valence-corrected chi connectivity index (χ3v) is 2.13. The Morgan fingerprint density at radius 2 is 2.21 bits per heavy atom. The Morgan fingerprint density at radius 1 is 1.50 bits per heavy atom. The van der Waals surface area contributed by atoms with Gasteiger partial charge >= 0.3 is 5.97 Å². The van der Waals surface area contributed by atoms with Crippen LogP contribution in [0.4, 0.5) is 4.39 Å². The summed E-state index contributed by atoms with van der Waals surface area (Å²) in [4.78, 5) is 10.8. The SMILES string of the molecule is CCCCc1c(F)cccc1C(=O)O. The van der Waals surface area contributed by atoms with E-state index in [4.69, 9.17) is 5.11 Å². The molecular weight excluding hydrogens is 183 g/mol. The summed E-state index contributed by atoms with van der Waals surface area (Å²) in [5, 5.41) is 8.82. The van der Waals surface area contributed by atoms with E-state index in [1.165, 1.54) is 18.2 Å². The molecule has 1 rings (SSSR count). The second-order valence-electron chi connectivity index (χ2n) is 3.17. The van der Waals surface area contributed by atoms with Gasteiger partial charge in [0, 0.05) is 5.56 Å². The summed E-state index contributed by atoms with van der Waals surface area (Å²) < 4.78 is 13.3. The molecule has 0 fully saturated rings. The molecule has 76 valence electrons. The molecule has 1 aromatic carbocycles. The van der Waals surface area contributed by atoms with Gasteiger partial charge in [0.2, 0.25) is 0 Å². The van der Waals surface area contributed by atoms with Gasteiger partial charge in [-0.1, -0.05) is 19.4 Å². The number of halogens is 1. The first-order valence-corrected chi connectivity index (χ1v) is 4.67. The van der Waals surface area contributed by atoms with Gasteiger partial charge in [0.1, 0.15) is 5.82 Å². The number of carbonyl (C=O) groups is 1.